The molecule has 2 heterocycles. The molecule has 1 aliphatic rings. The van der Waals surface area contributed by atoms with Gasteiger partial charge in [0.1, 0.15) is 10.6 Å². The van der Waals surface area contributed by atoms with Crippen molar-refractivity contribution in [3.8, 4) is 23.3 Å². The van der Waals surface area contributed by atoms with Crippen LogP contribution in [0.5, 0.6) is 5.75 Å². The first-order valence-electron chi connectivity index (χ1n) is 13.6. The molecule has 1 aliphatic carbocycles. The summed E-state index contributed by atoms with van der Waals surface area (Å²) in [7, 11) is 0. The van der Waals surface area contributed by atoms with Crippen LogP contribution in [0.2, 0.25) is 10.0 Å². The van der Waals surface area contributed by atoms with Crippen LogP contribution in [0, 0.1) is 17.7 Å². The van der Waals surface area contributed by atoms with Crippen molar-refractivity contribution in [2.24, 2.45) is 0 Å². The zero-order chi connectivity index (χ0) is 31.3. The van der Waals surface area contributed by atoms with Crippen molar-refractivity contribution in [2.45, 2.75) is 43.4 Å². The molecule has 4 aromatic rings. The third kappa shape index (κ3) is 8.18. The van der Waals surface area contributed by atoms with Crippen LogP contribution in [0.25, 0.3) is 5.69 Å². The van der Waals surface area contributed by atoms with Gasteiger partial charge in [-0.2, -0.15) is 4.68 Å². The van der Waals surface area contributed by atoms with Crippen LogP contribution < -0.4 is 14.9 Å². The molecular formula is C30H28Cl2FN6O4S+. The predicted octanol–water partition coefficient (Wildman–Crippen LogP) is 4.99. The van der Waals surface area contributed by atoms with Crippen LogP contribution in [0.1, 0.15) is 43.7 Å². The van der Waals surface area contributed by atoms with Crippen molar-refractivity contribution in [3.63, 3.8) is 0 Å². The molecule has 5 rings (SSSR count). The van der Waals surface area contributed by atoms with E-state index in [1.165, 1.54) is 39.4 Å². The SMILES string of the molecule is CC(C)(C#Cc1ccc(NC(=O)CSc2nnnn2-c2ccc(C3CC3)cc2Cl)c(Cl)c1F)OCCO[n+]1cccc(O)c1. The summed E-state index contributed by atoms with van der Waals surface area (Å²) < 4.78 is 23.7. The number of amides is 1. The van der Waals surface area contributed by atoms with Gasteiger partial charge in [0, 0.05) is 10.8 Å². The largest absolute Gasteiger partial charge is 0.503 e. The van der Waals surface area contributed by atoms with Gasteiger partial charge in [-0.25, -0.2) is 4.39 Å². The first kappa shape index (κ1) is 31.5. The maximum absolute atomic E-state index is 15.1. The highest BCUT2D eigenvalue weighted by Crippen LogP contribution is 2.41. The van der Waals surface area contributed by atoms with Crippen LogP contribution in [0.15, 0.2) is 60.0 Å². The number of nitrogens with one attached hydrogen (secondary N) is 1. The molecule has 14 heteroatoms. The number of pyridine rings is 1. The highest BCUT2D eigenvalue weighted by Gasteiger charge is 2.25. The monoisotopic (exact) mass is 657 g/mol. The second-order valence-corrected chi connectivity index (χ2v) is 12.1. The first-order valence-corrected chi connectivity index (χ1v) is 15.3. The van der Waals surface area contributed by atoms with Gasteiger partial charge in [-0.15, -0.1) is 5.10 Å². The lowest BCUT2D eigenvalue weighted by atomic mass is 10.1. The number of carbonyl (C=O) groups is 1. The van der Waals surface area contributed by atoms with Gasteiger partial charge >= 0.3 is 0 Å². The summed E-state index contributed by atoms with van der Waals surface area (Å²) in [4.78, 5) is 18.2. The average Bonchev–Trinajstić information content (AvgIpc) is 3.74. The summed E-state index contributed by atoms with van der Waals surface area (Å²) in [6.07, 6.45) is 5.37. The number of benzene rings is 2. The molecule has 0 radical (unpaired) electrons. The Morgan fingerprint density at radius 2 is 2.07 bits per heavy atom. The molecule has 10 nitrogen and oxygen atoms in total. The van der Waals surface area contributed by atoms with Gasteiger partial charge < -0.3 is 15.2 Å². The van der Waals surface area contributed by atoms with Crippen LogP contribution in [-0.2, 0) is 9.53 Å². The molecule has 228 valence electrons. The third-order valence-electron chi connectivity index (χ3n) is 6.42. The summed E-state index contributed by atoms with van der Waals surface area (Å²) in [6, 6.07) is 11.9. The zero-order valence-corrected chi connectivity index (χ0v) is 26.1. The molecule has 1 saturated carbocycles. The highest BCUT2D eigenvalue weighted by molar-refractivity contribution is 7.99. The highest BCUT2D eigenvalue weighted by atomic mass is 35.5. The number of aromatic nitrogens is 5. The van der Waals surface area contributed by atoms with Crippen molar-refractivity contribution >= 4 is 46.6 Å². The minimum absolute atomic E-state index is 0.0503. The Hall–Kier alpha value is -3.89. The predicted molar refractivity (Wildman–Crippen MR) is 164 cm³/mol. The maximum atomic E-state index is 15.1. The zero-order valence-electron chi connectivity index (χ0n) is 23.8. The number of hydrogen-bond donors (Lipinski definition) is 2. The van der Waals surface area contributed by atoms with Gasteiger partial charge in [0.15, 0.2) is 18.2 Å². The molecule has 2 aromatic heterocycles. The minimum atomic E-state index is -0.922. The van der Waals surface area contributed by atoms with Crippen molar-refractivity contribution < 1.29 is 28.6 Å². The molecule has 1 amide bonds. The van der Waals surface area contributed by atoms with Gasteiger partial charge in [-0.1, -0.05) is 52.9 Å². The van der Waals surface area contributed by atoms with Gasteiger partial charge in [0.2, 0.25) is 17.3 Å². The number of halogens is 3. The molecule has 2 N–H and O–H groups in total. The van der Waals surface area contributed by atoms with E-state index in [-0.39, 0.29) is 41.0 Å². The Morgan fingerprint density at radius 3 is 2.82 bits per heavy atom. The van der Waals surface area contributed by atoms with E-state index in [0.717, 1.165) is 24.6 Å². The van der Waals surface area contributed by atoms with E-state index in [2.05, 4.69) is 32.7 Å². The second-order valence-electron chi connectivity index (χ2n) is 10.3. The lowest BCUT2D eigenvalue weighted by Gasteiger charge is -2.18. The number of rotatable bonds is 11. The van der Waals surface area contributed by atoms with Crippen LogP contribution in [0.4, 0.5) is 10.1 Å². The van der Waals surface area contributed by atoms with Crippen molar-refractivity contribution in [1.82, 2.24) is 20.2 Å². The standard InChI is InChI=1S/C30H27Cl2FN6O4S/c1-30(2,42-14-15-43-38-13-3-4-22(40)17-38)12-11-20-7-9-24(27(32)28(20)33)34-26(41)18-44-29-35-36-37-39(29)25-10-8-21(16-23(25)31)19-5-6-19/h3-4,7-10,13,16-17,19H,5-6,14-15,18H2,1-2H3,(H-,34,40,41)/p+1. The fourth-order valence-electron chi connectivity index (χ4n) is 4.06. The number of thioether (sulfide) groups is 1. The Kier molecular flexibility index (Phi) is 9.90. The normalized spacial score (nSPS) is 12.8. The third-order valence-corrected chi connectivity index (χ3v) is 8.01. The minimum Gasteiger partial charge on any atom is -0.503 e. The lowest BCUT2D eigenvalue weighted by molar-refractivity contribution is -0.891. The van der Waals surface area contributed by atoms with E-state index in [1.807, 2.05) is 18.2 Å². The summed E-state index contributed by atoms with van der Waals surface area (Å²) in [5.41, 5.74) is 1.03. The molecule has 1 fully saturated rings. The molecule has 0 aliphatic heterocycles. The maximum Gasteiger partial charge on any atom is 0.263 e. The summed E-state index contributed by atoms with van der Waals surface area (Å²) in [5.74, 6) is 5.01. The smallest absolute Gasteiger partial charge is 0.263 e. The molecule has 0 spiro atoms. The van der Waals surface area contributed by atoms with Crippen LogP contribution >= 0.6 is 35.0 Å². The molecule has 0 atom stereocenters. The van der Waals surface area contributed by atoms with E-state index in [0.29, 0.717) is 21.8 Å². The Labute approximate surface area is 267 Å². The summed E-state index contributed by atoms with van der Waals surface area (Å²) in [6.45, 7) is 3.87. The summed E-state index contributed by atoms with van der Waals surface area (Å²) in [5, 5.41) is 24.5. The van der Waals surface area contributed by atoms with E-state index < -0.39 is 17.3 Å². The topological polar surface area (TPSA) is 115 Å². The second kappa shape index (κ2) is 13.8. The van der Waals surface area contributed by atoms with Crippen molar-refractivity contribution in [2.75, 3.05) is 24.3 Å². The number of tetrazole rings is 1. The molecule has 0 saturated heterocycles. The Morgan fingerprint density at radius 1 is 1.25 bits per heavy atom. The van der Waals surface area contributed by atoms with Gasteiger partial charge in [-0.3, -0.25) is 9.63 Å². The van der Waals surface area contributed by atoms with Gasteiger partial charge in [0.05, 0.1) is 34.3 Å². The van der Waals surface area contributed by atoms with E-state index in [1.54, 1.807) is 26.1 Å². The number of ether oxygens (including phenoxy) is 1. The molecule has 0 unspecified atom stereocenters. The van der Waals surface area contributed by atoms with Crippen LogP contribution in [0.3, 0.4) is 0 Å². The molecule has 44 heavy (non-hydrogen) atoms. The van der Waals surface area contributed by atoms with Gasteiger partial charge in [-0.05, 0) is 78.9 Å². The van der Waals surface area contributed by atoms with E-state index in [9.17, 15) is 9.90 Å². The quantitative estimate of drug-likeness (QED) is 0.100. The molecule has 0 bridgehead atoms. The number of anilines is 1. The Balaban J connectivity index is 1.14. The fraction of sp³-hybridized carbons (Fsp3) is 0.300. The average molecular weight is 659 g/mol. The Bertz CT molecular complexity index is 1740. The van der Waals surface area contributed by atoms with Crippen molar-refractivity contribution in [1.29, 1.82) is 0 Å². The summed E-state index contributed by atoms with van der Waals surface area (Å²) >= 11 is 13.8. The van der Waals surface area contributed by atoms with Gasteiger partial charge in [0.25, 0.3) is 6.20 Å². The number of nitrogens with zero attached hydrogens (tertiary/aromatic N) is 5. The van der Waals surface area contributed by atoms with E-state index in [4.69, 9.17) is 32.8 Å². The first-order chi connectivity index (χ1) is 21.1. The van der Waals surface area contributed by atoms with Crippen molar-refractivity contribution in [3.05, 3.63) is 81.8 Å². The molecular weight excluding hydrogens is 630 g/mol. The number of hydrogen-bond acceptors (Lipinski definition) is 8. The van der Waals surface area contributed by atoms with Crippen LogP contribution in [-0.4, -0.2) is 55.8 Å². The lowest BCUT2D eigenvalue weighted by Crippen LogP contribution is -2.43. The number of aromatic hydroxyl groups is 1. The molecule has 2 aromatic carbocycles. The fourth-order valence-corrected chi connectivity index (χ4v) is 5.23. The number of carbonyl (C=O) groups excluding carboxylic acids is 1. The van der Waals surface area contributed by atoms with E-state index >= 15 is 4.39 Å².